The highest BCUT2D eigenvalue weighted by molar-refractivity contribution is 5.94. The van der Waals surface area contributed by atoms with Gasteiger partial charge in [0.2, 0.25) is 11.8 Å². The molecule has 1 N–H and O–H groups in total. The van der Waals surface area contributed by atoms with Crippen LogP contribution in [0.15, 0.2) is 48.2 Å². The fourth-order valence-corrected chi connectivity index (χ4v) is 3.57. The van der Waals surface area contributed by atoms with Crippen molar-refractivity contribution in [3.8, 4) is 5.75 Å². The number of anilines is 1. The van der Waals surface area contributed by atoms with E-state index in [9.17, 15) is 24.1 Å². The topological polar surface area (TPSA) is 115 Å². The molecule has 3 heterocycles. The summed E-state index contributed by atoms with van der Waals surface area (Å²) in [5.74, 6) is -0.463. The van der Waals surface area contributed by atoms with E-state index < -0.39 is 10.7 Å². The maximum absolute atomic E-state index is 13.9. The molecule has 0 fully saturated rings. The van der Waals surface area contributed by atoms with E-state index in [2.05, 4.69) is 10.3 Å². The zero-order chi connectivity index (χ0) is 23.4. The van der Waals surface area contributed by atoms with Gasteiger partial charge in [-0.3, -0.25) is 19.7 Å². The van der Waals surface area contributed by atoms with E-state index in [1.165, 1.54) is 18.2 Å². The van der Waals surface area contributed by atoms with Gasteiger partial charge in [0.15, 0.2) is 11.6 Å². The van der Waals surface area contributed by atoms with Gasteiger partial charge < -0.3 is 15.0 Å². The number of benzene rings is 1. The first-order chi connectivity index (χ1) is 15.9. The van der Waals surface area contributed by atoms with Crippen molar-refractivity contribution >= 4 is 29.4 Å². The van der Waals surface area contributed by atoms with Gasteiger partial charge in [-0.1, -0.05) is 6.08 Å². The van der Waals surface area contributed by atoms with Gasteiger partial charge in [0.25, 0.3) is 5.69 Å². The minimum absolute atomic E-state index is 0.0470. The van der Waals surface area contributed by atoms with E-state index in [4.69, 9.17) is 4.74 Å². The number of halogens is 1. The first-order valence-electron chi connectivity index (χ1n) is 10.4. The number of aromatic nitrogens is 1. The molecule has 4 rings (SSSR count). The van der Waals surface area contributed by atoms with E-state index in [0.717, 1.165) is 22.8 Å². The van der Waals surface area contributed by atoms with Crippen LogP contribution in [0.3, 0.4) is 0 Å². The third-order valence-electron chi connectivity index (χ3n) is 5.44. The van der Waals surface area contributed by atoms with Gasteiger partial charge in [-0.25, -0.2) is 9.37 Å². The van der Waals surface area contributed by atoms with Gasteiger partial charge in [0, 0.05) is 37.8 Å². The highest BCUT2D eigenvalue weighted by atomic mass is 19.1. The molecule has 0 aliphatic carbocycles. The van der Waals surface area contributed by atoms with Crippen LogP contribution in [0.4, 0.5) is 15.9 Å². The van der Waals surface area contributed by atoms with Crippen molar-refractivity contribution in [2.45, 2.75) is 19.3 Å². The molecule has 2 aliphatic rings. The van der Waals surface area contributed by atoms with Crippen LogP contribution >= 0.6 is 0 Å². The van der Waals surface area contributed by atoms with Crippen LogP contribution in [0.5, 0.6) is 5.75 Å². The van der Waals surface area contributed by atoms with Gasteiger partial charge in [-0.05, 0) is 47.8 Å². The van der Waals surface area contributed by atoms with E-state index in [-0.39, 0.29) is 29.9 Å². The maximum Gasteiger partial charge on any atom is 0.272 e. The van der Waals surface area contributed by atoms with Crippen LogP contribution in [0, 0.1) is 15.9 Å². The standard InChI is InChI=1S/C23H21FN4O5/c24-19-12-18(28(31)32)3-4-20(19)33-14-15-7-9-27(10-8-15)22(30)6-1-16-11-17-2-5-21(29)26-23(17)25-13-16/h1,3-4,6-7,11-13H,2,5,8-10,14H2,(H,25,26,29). The molecule has 1 aromatic heterocycles. The summed E-state index contributed by atoms with van der Waals surface area (Å²) >= 11 is 0. The SMILES string of the molecule is O=C1CCc2cc(C=CC(=O)N3CC=C(COc4ccc([N+](=O)[O-])cc4F)CC3)cnc2N1. The smallest absolute Gasteiger partial charge is 0.272 e. The van der Waals surface area contributed by atoms with Gasteiger partial charge >= 0.3 is 0 Å². The molecule has 1 aromatic carbocycles. The summed E-state index contributed by atoms with van der Waals surface area (Å²) in [6, 6.07) is 5.16. The number of hydrogen-bond acceptors (Lipinski definition) is 6. The Bertz CT molecular complexity index is 1180. The van der Waals surface area contributed by atoms with Gasteiger partial charge in [0.05, 0.1) is 11.0 Å². The number of nitro benzene ring substituents is 1. The number of non-ortho nitro benzene ring substituents is 1. The minimum Gasteiger partial charge on any atom is -0.486 e. The van der Waals surface area contributed by atoms with Crippen molar-refractivity contribution in [2.24, 2.45) is 0 Å². The van der Waals surface area contributed by atoms with E-state index >= 15 is 0 Å². The molecule has 170 valence electrons. The monoisotopic (exact) mass is 452 g/mol. The lowest BCUT2D eigenvalue weighted by Crippen LogP contribution is -2.34. The molecule has 0 saturated carbocycles. The molecule has 0 atom stereocenters. The number of pyridine rings is 1. The Morgan fingerprint density at radius 1 is 1.30 bits per heavy atom. The number of carbonyl (C=O) groups is 2. The Hall–Kier alpha value is -4.08. The number of ether oxygens (including phenoxy) is 1. The first kappa shape index (κ1) is 22.1. The van der Waals surface area contributed by atoms with E-state index in [0.29, 0.717) is 38.2 Å². The van der Waals surface area contributed by atoms with Gasteiger partial charge in [-0.15, -0.1) is 0 Å². The van der Waals surface area contributed by atoms with Crippen LogP contribution in [0.2, 0.25) is 0 Å². The number of nitrogens with one attached hydrogen (secondary N) is 1. The Labute approximate surface area is 188 Å². The quantitative estimate of drug-likeness (QED) is 0.311. The zero-order valence-corrected chi connectivity index (χ0v) is 17.6. The second-order valence-electron chi connectivity index (χ2n) is 7.72. The number of aryl methyl sites for hydroxylation is 1. The van der Waals surface area contributed by atoms with E-state index in [1.807, 2.05) is 12.1 Å². The highest BCUT2D eigenvalue weighted by Gasteiger charge is 2.18. The van der Waals surface area contributed by atoms with Crippen LogP contribution in [-0.2, 0) is 16.0 Å². The van der Waals surface area contributed by atoms with Crippen molar-refractivity contribution in [1.82, 2.24) is 9.88 Å². The molecular weight excluding hydrogens is 431 g/mol. The number of nitrogens with zero attached hydrogens (tertiary/aromatic N) is 3. The van der Waals surface area contributed by atoms with Crippen molar-refractivity contribution in [2.75, 3.05) is 25.0 Å². The number of fused-ring (bicyclic) bond motifs is 1. The van der Waals surface area contributed by atoms with Crippen LogP contribution in [0.25, 0.3) is 6.08 Å². The summed E-state index contributed by atoms with van der Waals surface area (Å²) in [4.78, 5) is 39.9. The average molecular weight is 452 g/mol. The molecule has 0 bridgehead atoms. The molecule has 2 aromatic rings. The molecular formula is C23H21FN4O5. The Kier molecular flexibility index (Phi) is 6.43. The fourth-order valence-electron chi connectivity index (χ4n) is 3.57. The predicted octanol–water partition coefficient (Wildman–Crippen LogP) is 3.26. The lowest BCUT2D eigenvalue weighted by Gasteiger charge is -2.25. The molecule has 0 saturated heterocycles. The summed E-state index contributed by atoms with van der Waals surface area (Å²) < 4.78 is 19.4. The molecule has 33 heavy (non-hydrogen) atoms. The molecule has 9 nitrogen and oxygen atoms in total. The third kappa shape index (κ3) is 5.40. The minimum atomic E-state index is -0.790. The summed E-state index contributed by atoms with van der Waals surface area (Å²) in [6.45, 7) is 1.04. The number of carbonyl (C=O) groups excluding carboxylic acids is 2. The third-order valence-corrected chi connectivity index (χ3v) is 5.44. The lowest BCUT2D eigenvalue weighted by molar-refractivity contribution is -0.385. The largest absolute Gasteiger partial charge is 0.486 e. The summed E-state index contributed by atoms with van der Waals surface area (Å²) in [5, 5.41) is 13.4. The Balaban J connectivity index is 1.30. The zero-order valence-electron chi connectivity index (χ0n) is 17.6. The van der Waals surface area contributed by atoms with Crippen LogP contribution in [-0.4, -0.2) is 46.3 Å². The Morgan fingerprint density at radius 3 is 2.88 bits per heavy atom. The predicted molar refractivity (Wildman–Crippen MR) is 118 cm³/mol. The normalized spacial score (nSPS) is 15.6. The van der Waals surface area contributed by atoms with Crippen molar-refractivity contribution in [1.29, 1.82) is 0 Å². The number of rotatable bonds is 6. The Morgan fingerprint density at radius 2 is 2.15 bits per heavy atom. The maximum atomic E-state index is 13.9. The molecule has 0 spiro atoms. The van der Waals surface area contributed by atoms with Crippen LogP contribution < -0.4 is 10.1 Å². The summed E-state index contributed by atoms with van der Waals surface area (Å²) in [5.41, 5.74) is 2.31. The molecule has 2 amide bonds. The summed E-state index contributed by atoms with van der Waals surface area (Å²) in [6.07, 6.45) is 8.28. The summed E-state index contributed by atoms with van der Waals surface area (Å²) in [7, 11) is 0. The lowest BCUT2D eigenvalue weighted by atomic mass is 10.0. The van der Waals surface area contributed by atoms with Crippen molar-refractivity contribution in [3.05, 3.63) is 75.2 Å². The second kappa shape index (κ2) is 9.60. The van der Waals surface area contributed by atoms with Crippen LogP contribution in [0.1, 0.15) is 24.0 Å². The first-order valence-corrected chi connectivity index (χ1v) is 10.4. The highest BCUT2D eigenvalue weighted by Crippen LogP contribution is 2.24. The number of hydrogen-bond donors (Lipinski definition) is 1. The molecule has 2 aliphatic heterocycles. The number of amides is 2. The van der Waals surface area contributed by atoms with E-state index in [1.54, 1.807) is 17.2 Å². The van der Waals surface area contributed by atoms with Crippen molar-refractivity contribution in [3.63, 3.8) is 0 Å². The van der Waals surface area contributed by atoms with Gasteiger partial charge in [0.1, 0.15) is 12.4 Å². The average Bonchev–Trinajstić information content (AvgIpc) is 2.82. The molecule has 10 heteroatoms. The van der Waals surface area contributed by atoms with Gasteiger partial charge in [-0.2, -0.15) is 0 Å². The second-order valence-corrected chi connectivity index (χ2v) is 7.72. The molecule has 0 radical (unpaired) electrons. The fraction of sp³-hybridized carbons (Fsp3) is 0.261. The van der Waals surface area contributed by atoms with Crippen molar-refractivity contribution < 1.29 is 23.6 Å². The molecule has 0 unspecified atom stereocenters. The number of nitro groups is 1.